The summed E-state index contributed by atoms with van der Waals surface area (Å²) in [6.45, 7) is 6.04. The molecule has 1 fully saturated rings. The minimum Gasteiger partial charge on any atom is -0.467 e. The average molecular weight is 301 g/mol. The Morgan fingerprint density at radius 3 is 2.65 bits per heavy atom. The number of methoxy groups -OCH3 is 1. The minimum atomic E-state index is 0.419. The van der Waals surface area contributed by atoms with E-state index in [9.17, 15) is 0 Å². The van der Waals surface area contributed by atoms with Crippen LogP contribution in [0.15, 0.2) is 4.60 Å². The van der Waals surface area contributed by atoms with Gasteiger partial charge in [0, 0.05) is 31.7 Å². The number of nitrogens with one attached hydrogen (secondary N) is 1. The highest BCUT2D eigenvalue weighted by molar-refractivity contribution is 9.10. The summed E-state index contributed by atoms with van der Waals surface area (Å²) in [5.74, 6) is 0.993. The van der Waals surface area contributed by atoms with E-state index in [4.69, 9.17) is 4.74 Å². The Balaban J connectivity index is 2.38. The number of aromatic nitrogens is 2. The Morgan fingerprint density at radius 2 is 2.06 bits per heavy atom. The summed E-state index contributed by atoms with van der Waals surface area (Å²) in [4.78, 5) is 11.0. The lowest BCUT2D eigenvalue weighted by Crippen LogP contribution is -2.44. The van der Waals surface area contributed by atoms with Crippen LogP contribution in [0.1, 0.15) is 12.5 Å². The number of rotatable bonds is 3. The third-order valence-electron chi connectivity index (χ3n) is 2.87. The van der Waals surface area contributed by atoms with Crippen LogP contribution in [0, 0.1) is 0 Å². The zero-order chi connectivity index (χ0) is 12.3. The third-order valence-corrected chi connectivity index (χ3v) is 3.52. The van der Waals surface area contributed by atoms with Crippen molar-refractivity contribution < 1.29 is 4.74 Å². The minimum absolute atomic E-state index is 0.419. The molecule has 1 N–H and O–H groups in total. The Bertz CT molecular complexity index is 393. The van der Waals surface area contributed by atoms with Gasteiger partial charge in [-0.3, -0.25) is 0 Å². The lowest BCUT2D eigenvalue weighted by molar-refractivity contribution is 0.378. The molecule has 2 rings (SSSR count). The van der Waals surface area contributed by atoms with E-state index in [1.165, 1.54) is 0 Å². The van der Waals surface area contributed by atoms with Crippen molar-refractivity contribution >= 4 is 21.7 Å². The van der Waals surface area contributed by atoms with Crippen molar-refractivity contribution in [1.29, 1.82) is 0 Å². The molecule has 0 aliphatic carbocycles. The topological polar surface area (TPSA) is 50.3 Å². The molecule has 0 amide bonds. The summed E-state index contributed by atoms with van der Waals surface area (Å²) in [5, 5.41) is 3.34. The molecule has 0 saturated carbocycles. The molecule has 17 heavy (non-hydrogen) atoms. The van der Waals surface area contributed by atoms with Crippen molar-refractivity contribution in [3.8, 4) is 6.01 Å². The predicted octanol–water partition coefficient (Wildman–Crippen LogP) is 1.22. The van der Waals surface area contributed by atoms with Gasteiger partial charge in [-0.05, 0) is 22.4 Å². The maximum absolute atomic E-state index is 5.13. The van der Waals surface area contributed by atoms with Gasteiger partial charge in [0.2, 0.25) is 0 Å². The lowest BCUT2D eigenvalue weighted by atomic mass is 10.2. The van der Waals surface area contributed by atoms with Crippen LogP contribution >= 0.6 is 15.9 Å². The SMILES string of the molecule is CCc1c(Br)nc(OC)nc1N1CCNCC1. The first-order valence-corrected chi connectivity index (χ1v) is 6.61. The van der Waals surface area contributed by atoms with Crippen molar-refractivity contribution in [2.24, 2.45) is 0 Å². The third kappa shape index (κ3) is 2.69. The van der Waals surface area contributed by atoms with Crippen LogP contribution in [0.2, 0.25) is 0 Å². The molecular weight excluding hydrogens is 284 g/mol. The highest BCUT2D eigenvalue weighted by Crippen LogP contribution is 2.27. The van der Waals surface area contributed by atoms with Gasteiger partial charge in [-0.1, -0.05) is 6.92 Å². The summed E-state index contributed by atoms with van der Waals surface area (Å²) < 4.78 is 5.97. The number of halogens is 1. The second-order valence-electron chi connectivity index (χ2n) is 3.89. The maximum atomic E-state index is 5.13. The molecule has 1 saturated heterocycles. The Labute approximate surface area is 110 Å². The number of hydrogen-bond donors (Lipinski definition) is 1. The molecule has 94 valence electrons. The maximum Gasteiger partial charge on any atom is 0.319 e. The molecule has 0 atom stereocenters. The molecule has 0 aromatic carbocycles. The standard InChI is InChI=1S/C11H17BrN4O/c1-3-8-9(12)14-11(17-2)15-10(8)16-6-4-13-5-7-16/h13H,3-7H2,1-2H3. The molecular formula is C11H17BrN4O. The van der Waals surface area contributed by atoms with Crippen LogP contribution < -0.4 is 15.0 Å². The van der Waals surface area contributed by atoms with E-state index in [0.717, 1.165) is 48.6 Å². The average Bonchev–Trinajstić information content (AvgIpc) is 2.38. The van der Waals surface area contributed by atoms with Crippen molar-refractivity contribution in [2.75, 3.05) is 38.2 Å². The molecule has 2 heterocycles. The fourth-order valence-corrected chi connectivity index (χ4v) is 2.57. The summed E-state index contributed by atoms with van der Waals surface area (Å²) >= 11 is 3.49. The molecule has 1 aliphatic heterocycles. The quantitative estimate of drug-likeness (QED) is 0.851. The first-order chi connectivity index (χ1) is 8.26. The molecule has 1 aromatic rings. The van der Waals surface area contributed by atoms with Gasteiger partial charge >= 0.3 is 6.01 Å². The van der Waals surface area contributed by atoms with Crippen LogP contribution in [0.25, 0.3) is 0 Å². The highest BCUT2D eigenvalue weighted by atomic mass is 79.9. The van der Waals surface area contributed by atoms with Crippen molar-refractivity contribution in [2.45, 2.75) is 13.3 Å². The molecule has 5 nitrogen and oxygen atoms in total. The lowest BCUT2D eigenvalue weighted by Gasteiger charge is -2.30. The van der Waals surface area contributed by atoms with Crippen LogP contribution in [0.4, 0.5) is 5.82 Å². The largest absolute Gasteiger partial charge is 0.467 e. The molecule has 0 spiro atoms. The molecule has 1 aromatic heterocycles. The van der Waals surface area contributed by atoms with Gasteiger partial charge in [0.15, 0.2) is 0 Å². The number of piperazine rings is 1. The van der Waals surface area contributed by atoms with E-state index in [0.29, 0.717) is 6.01 Å². The second-order valence-corrected chi connectivity index (χ2v) is 4.65. The number of ether oxygens (including phenoxy) is 1. The van der Waals surface area contributed by atoms with Gasteiger partial charge in [0.1, 0.15) is 10.4 Å². The van der Waals surface area contributed by atoms with E-state index in [2.05, 4.69) is 43.0 Å². The zero-order valence-corrected chi connectivity index (χ0v) is 11.7. The second kappa shape index (κ2) is 5.64. The zero-order valence-electron chi connectivity index (χ0n) is 10.2. The van der Waals surface area contributed by atoms with E-state index in [1.807, 2.05) is 0 Å². The van der Waals surface area contributed by atoms with Crippen LogP contribution in [0.3, 0.4) is 0 Å². The van der Waals surface area contributed by atoms with E-state index in [-0.39, 0.29) is 0 Å². The van der Waals surface area contributed by atoms with Gasteiger partial charge in [-0.15, -0.1) is 0 Å². The predicted molar refractivity (Wildman–Crippen MR) is 70.7 cm³/mol. The normalized spacial score (nSPS) is 16.1. The number of hydrogen-bond acceptors (Lipinski definition) is 5. The fourth-order valence-electron chi connectivity index (χ4n) is 1.96. The van der Waals surface area contributed by atoms with Crippen LogP contribution in [-0.2, 0) is 6.42 Å². The van der Waals surface area contributed by atoms with E-state index >= 15 is 0 Å². The fraction of sp³-hybridized carbons (Fsp3) is 0.636. The van der Waals surface area contributed by atoms with Crippen LogP contribution in [-0.4, -0.2) is 43.3 Å². The molecule has 0 unspecified atom stereocenters. The number of anilines is 1. The van der Waals surface area contributed by atoms with Gasteiger partial charge in [0.25, 0.3) is 0 Å². The van der Waals surface area contributed by atoms with Gasteiger partial charge < -0.3 is 15.0 Å². The monoisotopic (exact) mass is 300 g/mol. The van der Waals surface area contributed by atoms with Gasteiger partial charge in [0.05, 0.1) is 7.11 Å². The van der Waals surface area contributed by atoms with E-state index in [1.54, 1.807) is 7.11 Å². The van der Waals surface area contributed by atoms with Gasteiger partial charge in [-0.25, -0.2) is 0 Å². The summed E-state index contributed by atoms with van der Waals surface area (Å²) in [7, 11) is 1.59. The smallest absolute Gasteiger partial charge is 0.319 e. The first-order valence-electron chi connectivity index (χ1n) is 5.82. The van der Waals surface area contributed by atoms with E-state index < -0.39 is 0 Å². The summed E-state index contributed by atoms with van der Waals surface area (Å²) in [6.07, 6.45) is 0.907. The Hall–Kier alpha value is -0.880. The Morgan fingerprint density at radius 1 is 1.35 bits per heavy atom. The summed E-state index contributed by atoms with van der Waals surface area (Å²) in [5.41, 5.74) is 1.15. The molecule has 0 bridgehead atoms. The molecule has 6 heteroatoms. The Kier molecular flexibility index (Phi) is 4.17. The highest BCUT2D eigenvalue weighted by Gasteiger charge is 2.19. The first kappa shape index (κ1) is 12.6. The molecule has 0 radical (unpaired) electrons. The van der Waals surface area contributed by atoms with Crippen molar-refractivity contribution in [1.82, 2.24) is 15.3 Å². The van der Waals surface area contributed by atoms with Gasteiger partial charge in [-0.2, -0.15) is 9.97 Å². The van der Waals surface area contributed by atoms with Crippen molar-refractivity contribution in [3.05, 3.63) is 10.2 Å². The molecule has 1 aliphatic rings. The van der Waals surface area contributed by atoms with Crippen molar-refractivity contribution in [3.63, 3.8) is 0 Å². The van der Waals surface area contributed by atoms with Crippen LogP contribution in [0.5, 0.6) is 6.01 Å². The summed E-state index contributed by atoms with van der Waals surface area (Å²) in [6, 6.07) is 0.419. The number of nitrogens with zero attached hydrogens (tertiary/aromatic N) is 3.